The van der Waals surface area contributed by atoms with Gasteiger partial charge in [-0.25, -0.2) is 8.42 Å². The van der Waals surface area contributed by atoms with Gasteiger partial charge in [-0.3, -0.25) is 0 Å². The second-order valence-electron chi connectivity index (χ2n) is 5.17. The summed E-state index contributed by atoms with van der Waals surface area (Å²) in [5, 5.41) is 3.71. The second-order valence-corrected chi connectivity index (χ2v) is 6.75. The first-order valence-electron chi connectivity index (χ1n) is 5.57. The number of aryl methyl sites for hydroxylation is 1. The van der Waals surface area contributed by atoms with Crippen molar-refractivity contribution < 1.29 is 46.1 Å². The Morgan fingerprint density at radius 3 is 2.00 bits per heavy atom. The van der Waals surface area contributed by atoms with E-state index in [1.54, 1.807) is 12.1 Å². The second kappa shape index (κ2) is 8.22. The van der Waals surface area contributed by atoms with E-state index in [0.717, 1.165) is 5.56 Å². The van der Waals surface area contributed by atoms with Crippen molar-refractivity contribution in [1.29, 1.82) is 0 Å². The van der Waals surface area contributed by atoms with Gasteiger partial charge in [0.05, 0.1) is 4.90 Å². The molecule has 20 heavy (non-hydrogen) atoms. The van der Waals surface area contributed by atoms with Crippen molar-refractivity contribution in [3.8, 4) is 0 Å². The average molecular weight is 280 g/mol. The summed E-state index contributed by atoms with van der Waals surface area (Å²) >= 11 is 0. The molecule has 0 atom stereocenters. The standard InChI is InChI=1S/C13H18N2O2S.2Li/c1-10-6-8-12(9-7-10)18(16,17)15-14-11(2)13(3,4)5;;/h6-9H,2H2,1,3-5H3;;/q-2;2*+1/b14-11+;;. The number of hydrogen-bond acceptors (Lipinski definition) is 3. The molecule has 0 aliphatic heterocycles. The van der Waals surface area contributed by atoms with E-state index < -0.39 is 10.0 Å². The van der Waals surface area contributed by atoms with Gasteiger partial charge in [0.25, 0.3) is 0 Å². The molecule has 1 aromatic carbocycles. The van der Waals surface area contributed by atoms with E-state index in [1.807, 2.05) is 27.7 Å². The third kappa shape index (κ3) is 6.44. The Morgan fingerprint density at radius 2 is 1.60 bits per heavy atom. The van der Waals surface area contributed by atoms with Crippen LogP contribution in [0.1, 0.15) is 26.3 Å². The van der Waals surface area contributed by atoms with Crippen LogP contribution < -0.4 is 37.7 Å². The monoisotopic (exact) mass is 280 g/mol. The zero-order valence-corrected chi connectivity index (χ0v) is 14.0. The number of benzene rings is 1. The van der Waals surface area contributed by atoms with E-state index in [9.17, 15) is 8.42 Å². The maximum Gasteiger partial charge on any atom is 1.00 e. The third-order valence-electron chi connectivity index (χ3n) is 2.45. The molecule has 0 amide bonds. The van der Waals surface area contributed by atoms with Crippen LogP contribution in [0, 0.1) is 19.3 Å². The van der Waals surface area contributed by atoms with Crippen LogP contribution >= 0.6 is 0 Å². The Balaban J connectivity index is 0. The van der Waals surface area contributed by atoms with Gasteiger partial charge < -0.3 is 16.9 Å². The predicted octanol–water partition coefficient (Wildman–Crippen LogP) is -2.70. The average Bonchev–Trinajstić information content (AvgIpc) is 2.25. The van der Waals surface area contributed by atoms with Crippen molar-refractivity contribution in [1.82, 2.24) is 0 Å². The molecule has 1 aromatic rings. The van der Waals surface area contributed by atoms with E-state index in [0.29, 0.717) is 5.71 Å². The molecule has 100 valence electrons. The minimum absolute atomic E-state index is 0. The number of hydrogen-bond donors (Lipinski definition) is 0. The first-order valence-corrected chi connectivity index (χ1v) is 7.01. The van der Waals surface area contributed by atoms with E-state index in [4.69, 9.17) is 0 Å². The summed E-state index contributed by atoms with van der Waals surface area (Å²) in [6.07, 6.45) is 0. The summed E-state index contributed by atoms with van der Waals surface area (Å²) in [5.41, 5.74) is 1.12. The van der Waals surface area contributed by atoms with Gasteiger partial charge in [0.15, 0.2) is 0 Å². The molecule has 0 heterocycles. The minimum Gasteiger partial charge on any atom is -0.493 e. The Kier molecular flexibility index (Phi) is 9.04. The number of sulfonamides is 1. The van der Waals surface area contributed by atoms with Gasteiger partial charge in [-0.2, -0.15) is 0 Å². The van der Waals surface area contributed by atoms with Gasteiger partial charge in [-0.1, -0.05) is 38.5 Å². The van der Waals surface area contributed by atoms with Gasteiger partial charge >= 0.3 is 37.7 Å². The van der Waals surface area contributed by atoms with Crippen molar-refractivity contribution in [3.05, 3.63) is 41.6 Å². The SMILES string of the molecule is [CH2-]/C(=N\[N-]S(=O)(=O)c1ccc(C)cc1)C(C)(C)C.[Li+].[Li+]. The Morgan fingerprint density at radius 1 is 1.15 bits per heavy atom. The maximum atomic E-state index is 11.9. The molecule has 0 radical (unpaired) electrons. The Labute approximate surface area is 146 Å². The topological polar surface area (TPSA) is 60.6 Å². The minimum atomic E-state index is -3.73. The largest absolute Gasteiger partial charge is 1.00 e. The molecular formula is C13H18Li2N2O2S. The van der Waals surface area contributed by atoms with Gasteiger partial charge in [0.1, 0.15) is 10.0 Å². The summed E-state index contributed by atoms with van der Waals surface area (Å²) < 4.78 is 23.7. The van der Waals surface area contributed by atoms with Crippen LogP contribution in [0.15, 0.2) is 34.3 Å². The smallest absolute Gasteiger partial charge is 0.493 e. The Hall–Kier alpha value is -0.295. The van der Waals surface area contributed by atoms with Crippen molar-refractivity contribution in [2.45, 2.75) is 32.6 Å². The first-order chi connectivity index (χ1) is 8.13. The van der Waals surface area contributed by atoms with Crippen molar-refractivity contribution in [2.75, 3.05) is 0 Å². The zero-order chi connectivity index (χ0) is 14.0. The summed E-state index contributed by atoms with van der Waals surface area (Å²) in [6.45, 7) is 11.3. The molecule has 0 saturated carbocycles. The molecule has 0 unspecified atom stereocenters. The number of nitrogens with zero attached hydrogens (tertiary/aromatic N) is 2. The third-order valence-corrected chi connectivity index (χ3v) is 3.62. The predicted molar refractivity (Wildman–Crippen MR) is 74.0 cm³/mol. The molecule has 0 bridgehead atoms. The van der Waals surface area contributed by atoms with Crippen LogP contribution in [0.2, 0.25) is 0 Å². The van der Waals surface area contributed by atoms with Crippen molar-refractivity contribution >= 4 is 15.7 Å². The van der Waals surface area contributed by atoms with Crippen molar-refractivity contribution in [3.63, 3.8) is 0 Å². The van der Waals surface area contributed by atoms with Gasteiger partial charge in [-0.05, 0) is 24.5 Å². The van der Waals surface area contributed by atoms with Crippen LogP contribution in [-0.4, -0.2) is 14.1 Å². The molecule has 0 aliphatic rings. The summed E-state index contributed by atoms with van der Waals surface area (Å²) in [7, 11) is -3.73. The van der Waals surface area contributed by atoms with Crippen LogP contribution in [0.25, 0.3) is 4.83 Å². The molecule has 0 N–H and O–H groups in total. The zero-order valence-electron chi connectivity index (χ0n) is 13.1. The summed E-state index contributed by atoms with van der Waals surface area (Å²) in [5.74, 6) is 0. The summed E-state index contributed by atoms with van der Waals surface area (Å²) in [4.78, 5) is 3.56. The fourth-order valence-corrected chi connectivity index (χ4v) is 1.79. The van der Waals surface area contributed by atoms with E-state index in [2.05, 4.69) is 16.9 Å². The van der Waals surface area contributed by atoms with Gasteiger partial charge in [0.2, 0.25) is 0 Å². The quantitative estimate of drug-likeness (QED) is 0.262. The molecule has 1 rings (SSSR count). The molecule has 0 spiro atoms. The normalized spacial score (nSPS) is 12.1. The van der Waals surface area contributed by atoms with E-state index in [1.165, 1.54) is 12.1 Å². The van der Waals surface area contributed by atoms with Gasteiger partial charge in [0, 0.05) is 0 Å². The Bertz CT molecular complexity index is 547. The molecule has 0 aliphatic carbocycles. The van der Waals surface area contributed by atoms with E-state index >= 15 is 0 Å². The number of rotatable bonds is 3. The molecule has 7 heteroatoms. The molecule has 0 saturated heterocycles. The molecule has 0 aromatic heterocycles. The molecule has 0 fully saturated rings. The summed E-state index contributed by atoms with van der Waals surface area (Å²) in [6, 6.07) is 6.48. The van der Waals surface area contributed by atoms with Gasteiger partial charge in [-0.15, -0.1) is 5.71 Å². The van der Waals surface area contributed by atoms with Crippen LogP contribution in [0.3, 0.4) is 0 Å². The van der Waals surface area contributed by atoms with Crippen LogP contribution in [-0.2, 0) is 10.0 Å². The fraction of sp³-hybridized carbons (Fsp3) is 0.385. The maximum absolute atomic E-state index is 11.9. The van der Waals surface area contributed by atoms with E-state index in [-0.39, 0.29) is 48.0 Å². The van der Waals surface area contributed by atoms with Crippen LogP contribution in [0.5, 0.6) is 0 Å². The molecular weight excluding hydrogens is 262 g/mol. The van der Waals surface area contributed by atoms with Crippen molar-refractivity contribution in [2.24, 2.45) is 10.5 Å². The first kappa shape index (κ1) is 22.0. The fourth-order valence-electron chi connectivity index (χ4n) is 1.01. The van der Waals surface area contributed by atoms with Crippen LogP contribution in [0.4, 0.5) is 0 Å². The molecule has 4 nitrogen and oxygen atoms in total.